The molecule has 3 aromatic rings. The first-order valence-electron chi connectivity index (χ1n) is 6.98. The number of rotatable bonds is 4. The fourth-order valence-corrected chi connectivity index (χ4v) is 2.39. The Morgan fingerprint density at radius 2 is 1.73 bits per heavy atom. The second-order valence-corrected chi connectivity index (χ2v) is 4.85. The van der Waals surface area contributed by atoms with Crippen LogP contribution in [0.25, 0.3) is 22.4 Å². The molecule has 2 aromatic carbocycles. The normalized spacial score (nSPS) is 10.2. The fraction of sp³-hybridized carbons (Fsp3) is 0.0526. The Hall–Kier alpha value is -2.94. The Kier molecular flexibility index (Phi) is 3.97. The maximum atomic E-state index is 10.9. The Labute approximate surface area is 129 Å². The van der Waals surface area contributed by atoms with E-state index in [9.17, 15) is 4.79 Å². The minimum absolute atomic E-state index is 0.426. The molecule has 1 heterocycles. The molecule has 0 amide bonds. The molecule has 0 aliphatic carbocycles. The average molecular weight is 289 g/mol. The second kappa shape index (κ2) is 6.22. The molecule has 1 aromatic heterocycles. The van der Waals surface area contributed by atoms with Gasteiger partial charge in [0.1, 0.15) is 11.4 Å². The molecule has 0 bridgehead atoms. The van der Waals surface area contributed by atoms with Crippen LogP contribution in [0.4, 0.5) is 0 Å². The van der Waals surface area contributed by atoms with Gasteiger partial charge in [-0.1, -0.05) is 36.4 Å². The number of ether oxygens (including phenoxy) is 1. The van der Waals surface area contributed by atoms with Crippen LogP contribution >= 0.6 is 0 Å². The minimum atomic E-state index is 0.426. The Morgan fingerprint density at radius 3 is 2.45 bits per heavy atom. The number of aromatic nitrogens is 1. The van der Waals surface area contributed by atoms with Crippen LogP contribution in [0.5, 0.6) is 5.75 Å². The highest BCUT2D eigenvalue weighted by Crippen LogP contribution is 2.33. The summed E-state index contributed by atoms with van der Waals surface area (Å²) in [5.74, 6) is 0.807. The highest BCUT2D eigenvalue weighted by atomic mass is 16.5. The van der Waals surface area contributed by atoms with Gasteiger partial charge in [0.05, 0.1) is 12.8 Å². The van der Waals surface area contributed by atoms with Crippen LogP contribution < -0.4 is 4.74 Å². The summed E-state index contributed by atoms with van der Waals surface area (Å²) in [6, 6.07) is 21.4. The van der Waals surface area contributed by atoms with Crippen LogP contribution in [0, 0.1) is 0 Å². The predicted octanol–water partition coefficient (Wildman–Crippen LogP) is 4.24. The molecule has 3 rings (SSSR count). The fourth-order valence-electron chi connectivity index (χ4n) is 2.39. The van der Waals surface area contributed by atoms with Crippen molar-refractivity contribution in [1.82, 2.24) is 4.98 Å². The molecule has 0 radical (unpaired) electrons. The van der Waals surface area contributed by atoms with E-state index in [0.717, 1.165) is 34.4 Å². The molecule has 0 aliphatic rings. The molecule has 0 unspecified atom stereocenters. The topological polar surface area (TPSA) is 39.2 Å². The van der Waals surface area contributed by atoms with Crippen molar-refractivity contribution in [3.63, 3.8) is 0 Å². The van der Waals surface area contributed by atoms with E-state index in [1.807, 2.05) is 60.7 Å². The minimum Gasteiger partial charge on any atom is -0.496 e. The number of hydrogen-bond acceptors (Lipinski definition) is 3. The average Bonchev–Trinajstić information content (AvgIpc) is 2.62. The Bertz CT molecular complexity index is 798. The molecule has 0 N–H and O–H groups in total. The highest BCUT2D eigenvalue weighted by molar-refractivity contribution is 5.78. The van der Waals surface area contributed by atoms with Gasteiger partial charge in [0.2, 0.25) is 0 Å². The zero-order valence-corrected chi connectivity index (χ0v) is 12.2. The van der Waals surface area contributed by atoms with Crippen LogP contribution in [-0.2, 0) is 0 Å². The van der Waals surface area contributed by atoms with Crippen LogP contribution in [0.2, 0.25) is 0 Å². The number of nitrogens with zero attached hydrogens (tertiary/aromatic N) is 1. The number of carbonyl (C=O) groups is 1. The third kappa shape index (κ3) is 2.74. The maximum absolute atomic E-state index is 10.9. The van der Waals surface area contributed by atoms with Gasteiger partial charge in [0.15, 0.2) is 6.29 Å². The van der Waals surface area contributed by atoms with Crippen LogP contribution in [0.1, 0.15) is 10.5 Å². The second-order valence-electron chi connectivity index (χ2n) is 4.85. The number of carbonyl (C=O) groups excluding carboxylic acids is 1. The van der Waals surface area contributed by atoms with E-state index in [1.54, 1.807) is 13.2 Å². The smallest absolute Gasteiger partial charge is 0.168 e. The highest BCUT2D eigenvalue weighted by Gasteiger charge is 2.09. The molecule has 0 aliphatic heterocycles. The molecule has 0 spiro atoms. The third-order valence-corrected chi connectivity index (χ3v) is 3.47. The van der Waals surface area contributed by atoms with Crippen LogP contribution in [-0.4, -0.2) is 18.4 Å². The summed E-state index contributed by atoms with van der Waals surface area (Å²) in [4.78, 5) is 15.2. The quantitative estimate of drug-likeness (QED) is 0.674. The molecule has 22 heavy (non-hydrogen) atoms. The summed E-state index contributed by atoms with van der Waals surface area (Å²) >= 11 is 0. The van der Waals surface area contributed by atoms with Gasteiger partial charge in [-0.3, -0.25) is 4.79 Å². The van der Waals surface area contributed by atoms with E-state index in [2.05, 4.69) is 4.98 Å². The lowest BCUT2D eigenvalue weighted by Gasteiger charge is -2.11. The Balaban J connectivity index is 2.13. The van der Waals surface area contributed by atoms with Gasteiger partial charge in [-0.2, -0.15) is 0 Å². The number of aldehydes is 1. The zero-order valence-electron chi connectivity index (χ0n) is 12.2. The lowest BCUT2D eigenvalue weighted by molar-refractivity contribution is 0.111. The number of benzene rings is 2. The summed E-state index contributed by atoms with van der Waals surface area (Å²) < 4.78 is 5.46. The van der Waals surface area contributed by atoms with Gasteiger partial charge in [0.25, 0.3) is 0 Å². The summed E-state index contributed by atoms with van der Waals surface area (Å²) in [7, 11) is 1.66. The van der Waals surface area contributed by atoms with Gasteiger partial charge >= 0.3 is 0 Å². The van der Waals surface area contributed by atoms with Gasteiger partial charge in [0, 0.05) is 11.1 Å². The molecule has 0 saturated heterocycles. The van der Waals surface area contributed by atoms with Gasteiger partial charge in [-0.05, 0) is 35.9 Å². The molecular weight excluding hydrogens is 274 g/mol. The molecule has 0 atom stereocenters. The predicted molar refractivity (Wildman–Crippen MR) is 87.0 cm³/mol. The largest absolute Gasteiger partial charge is 0.496 e. The van der Waals surface area contributed by atoms with E-state index in [0.29, 0.717) is 5.69 Å². The van der Waals surface area contributed by atoms with Crippen molar-refractivity contribution in [3.05, 3.63) is 72.4 Å². The lowest BCUT2D eigenvalue weighted by Crippen LogP contribution is -1.92. The molecule has 108 valence electrons. The van der Waals surface area contributed by atoms with Crippen molar-refractivity contribution < 1.29 is 9.53 Å². The first-order chi connectivity index (χ1) is 10.8. The van der Waals surface area contributed by atoms with Gasteiger partial charge in [-0.15, -0.1) is 0 Å². The van der Waals surface area contributed by atoms with Crippen molar-refractivity contribution in [2.45, 2.75) is 0 Å². The first-order valence-corrected chi connectivity index (χ1v) is 6.98. The monoisotopic (exact) mass is 289 g/mol. The maximum Gasteiger partial charge on any atom is 0.168 e. The Morgan fingerprint density at radius 1 is 0.909 bits per heavy atom. The number of hydrogen-bond donors (Lipinski definition) is 0. The third-order valence-electron chi connectivity index (χ3n) is 3.47. The molecule has 0 saturated carbocycles. The molecule has 3 nitrogen and oxygen atoms in total. The zero-order chi connectivity index (χ0) is 15.4. The standard InChI is InChI=1S/C19H15NO2/c1-22-19-11-10-15(18-9-5-8-16(13-21)20-18)12-17(19)14-6-3-2-4-7-14/h2-13H,1H3. The van der Waals surface area contributed by atoms with Crippen molar-refractivity contribution in [3.8, 4) is 28.1 Å². The van der Waals surface area contributed by atoms with Gasteiger partial charge in [-0.25, -0.2) is 4.98 Å². The summed E-state index contributed by atoms with van der Waals surface area (Å²) in [5.41, 5.74) is 4.22. The van der Waals surface area contributed by atoms with Crippen LogP contribution in [0.3, 0.4) is 0 Å². The molecular formula is C19H15NO2. The van der Waals surface area contributed by atoms with Crippen molar-refractivity contribution in [1.29, 1.82) is 0 Å². The summed E-state index contributed by atoms with van der Waals surface area (Å²) in [5, 5.41) is 0. The SMILES string of the molecule is COc1ccc(-c2cccc(C=O)n2)cc1-c1ccccc1. The van der Waals surface area contributed by atoms with Gasteiger partial charge < -0.3 is 4.74 Å². The van der Waals surface area contributed by atoms with E-state index in [4.69, 9.17) is 4.74 Å². The molecule has 0 fully saturated rings. The van der Waals surface area contributed by atoms with E-state index >= 15 is 0 Å². The van der Waals surface area contributed by atoms with Crippen LogP contribution in [0.15, 0.2) is 66.7 Å². The van der Waals surface area contributed by atoms with Crippen molar-refractivity contribution >= 4 is 6.29 Å². The van der Waals surface area contributed by atoms with E-state index in [-0.39, 0.29) is 0 Å². The van der Waals surface area contributed by atoms with Crippen molar-refractivity contribution in [2.75, 3.05) is 7.11 Å². The van der Waals surface area contributed by atoms with E-state index < -0.39 is 0 Å². The number of methoxy groups -OCH3 is 1. The molecule has 3 heteroatoms. The number of pyridine rings is 1. The summed E-state index contributed by atoms with van der Waals surface area (Å²) in [6.45, 7) is 0. The first kappa shape index (κ1) is 14.0. The lowest BCUT2D eigenvalue weighted by atomic mass is 10.0. The van der Waals surface area contributed by atoms with Crippen molar-refractivity contribution in [2.24, 2.45) is 0 Å². The summed E-state index contributed by atoms with van der Waals surface area (Å²) in [6.07, 6.45) is 0.755. The van der Waals surface area contributed by atoms with E-state index in [1.165, 1.54) is 0 Å².